The first kappa shape index (κ1) is 21.4. The average Bonchev–Trinajstić information content (AvgIpc) is 3.25. The Hall–Kier alpha value is -3.81. The Morgan fingerprint density at radius 1 is 1.09 bits per heavy atom. The molecule has 0 aliphatic heterocycles. The van der Waals surface area contributed by atoms with Crippen LogP contribution in [0, 0.1) is 12.7 Å². The highest BCUT2D eigenvalue weighted by Gasteiger charge is 2.15. The Kier molecular flexibility index (Phi) is 6.11. The maximum absolute atomic E-state index is 13.2. The summed E-state index contributed by atoms with van der Waals surface area (Å²) in [5.41, 5.74) is 5.02. The minimum atomic E-state index is -0.253. The third kappa shape index (κ3) is 4.44. The predicted octanol–water partition coefficient (Wildman–Crippen LogP) is 4.92. The second-order valence-corrected chi connectivity index (χ2v) is 7.52. The Morgan fingerprint density at radius 2 is 1.88 bits per heavy atom. The van der Waals surface area contributed by atoms with Gasteiger partial charge in [-0.2, -0.15) is 0 Å². The Balaban J connectivity index is 1.61. The summed E-state index contributed by atoms with van der Waals surface area (Å²) in [6.07, 6.45) is 4.41. The van der Waals surface area contributed by atoms with Gasteiger partial charge in [-0.05, 0) is 61.7 Å². The summed E-state index contributed by atoms with van der Waals surface area (Å²) in [4.78, 5) is 8.90. The molecule has 4 rings (SSSR count). The summed E-state index contributed by atoms with van der Waals surface area (Å²) in [6, 6.07) is 12.2. The number of ether oxygens (including phenoxy) is 1. The SMILES string of the molecule is CCc1cc(-c2ccc(-n3cnc(C)c3)c(OC)n2)nnc1N[C@H](C)c1ccc(F)cc1. The van der Waals surface area contributed by atoms with Crippen molar-refractivity contribution in [3.05, 3.63) is 77.6 Å². The van der Waals surface area contributed by atoms with Crippen LogP contribution in [0.5, 0.6) is 5.88 Å². The number of hydrogen-bond acceptors (Lipinski definition) is 6. The van der Waals surface area contributed by atoms with Gasteiger partial charge in [-0.3, -0.25) is 0 Å². The maximum Gasteiger partial charge on any atom is 0.238 e. The van der Waals surface area contributed by atoms with Crippen LogP contribution in [0.1, 0.15) is 36.7 Å². The summed E-state index contributed by atoms with van der Waals surface area (Å²) in [5, 5.41) is 12.2. The number of pyridine rings is 1. The van der Waals surface area contributed by atoms with Crippen LogP contribution in [0.15, 0.2) is 55.0 Å². The molecule has 0 bridgehead atoms. The first-order valence-electron chi connectivity index (χ1n) is 10.4. The Labute approximate surface area is 186 Å². The minimum Gasteiger partial charge on any atom is -0.479 e. The monoisotopic (exact) mass is 432 g/mol. The van der Waals surface area contributed by atoms with Crippen LogP contribution < -0.4 is 10.1 Å². The zero-order chi connectivity index (χ0) is 22.7. The zero-order valence-corrected chi connectivity index (χ0v) is 18.5. The summed E-state index contributed by atoms with van der Waals surface area (Å²) in [7, 11) is 1.59. The molecule has 1 atom stereocenters. The topological polar surface area (TPSA) is 77.8 Å². The Bertz CT molecular complexity index is 1220. The van der Waals surface area contributed by atoms with Crippen molar-refractivity contribution >= 4 is 5.82 Å². The third-order valence-electron chi connectivity index (χ3n) is 5.26. The van der Waals surface area contributed by atoms with Crippen molar-refractivity contribution in [3.63, 3.8) is 0 Å². The van der Waals surface area contributed by atoms with E-state index in [2.05, 4.69) is 32.4 Å². The molecular formula is C24H25FN6O. The number of aromatic nitrogens is 5. The van der Waals surface area contributed by atoms with Gasteiger partial charge in [0.25, 0.3) is 0 Å². The lowest BCUT2D eigenvalue weighted by atomic mass is 10.1. The number of aryl methyl sites for hydroxylation is 2. The van der Waals surface area contributed by atoms with Crippen LogP contribution >= 0.6 is 0 Å². The highest BCUT2D eigenvalue weighted by molar-refractivity contribution is 5.61. The van der Waals surface area contributed by atoms with E-state index in [0.717, 1.165) is 28.9 Å². The van der Waals surface area contributed by atoms with E-state index < -0.39 is 0 Å². The number of methoxy groups -OCH3 is 1. The van der Waals surface area contributed by atoms with Gasteiger partial charge in [0, 0.05) is 6.20 Å². The molecule has 0 amide bonds. The second-order valence-electron chi connectivity index (χ2n) is 7.52. The minimum absolute atomic E-state index is 0.0443. The molecule has 0 aliphatic rings. The van der Waals surface area contributed by atoms with Crippen LogP contribution in [-0.2, 0) is 6.42 Å². The van der Waals surface area contributed by atoms with E-state index in [4.69, 9.17) is 4.74 Å². The molecule has 0 saturated heterocycles. The molecule has 0 fully saturated rings. The second kappa shape index (κ2) is 9.13. The lowest BCUT2D eigenvalue weighted by Crippen LogP contribution is -2.11. The number of nitrogens with one attached hydrogen (secondary N) is 1. The summed E-state index contributed by atoms with van der Waals surface area (Å²) in [5.74, 6) is 0.925. The number of anilines is 1. The van der Waals surface area contributed by atoms with Crippen molar-refractivity contribution < 1.29 is 9.13 Å². The van der Waals surface area contributed by atoms with E-state index in [1.54, 1.807) is 25.6 Å². The molecule has 164 valence electrons. The molecule has 7 nitrogen and oxygen atoms in total. The molecular weight excluding hydrogens is 407 g/mol. The molecule has 4 aromatic rings. The van der Waals surface area contributed by atoms with E-state index in [1.165, 1.54) is 12.1 Å². The average molecular weight is 433 g/mol. The fraction of sp³-hybridized carbons (Fsp3) is 0.250. The predicted molar refractivity (Wildman–Crippen MR) is 121 cm³/mol. The number of benzene rings is 1. The molecule has 8 heteroatoms. The lowest BCUT2D eigenvalue weighted by molar-refractivity contribution is 0.396. The van der Waals surface area contributed by atoms with Gasteiger partial charge in [0.05, 0.1) is 30.9 Å². The number of nitrogens with zero attached hydrogens (tertiary/aromatic N) is 5. The number of imidazole rings is 1. The van der Waals surface area contributed by atoms with E-state index in [0.29, 0.717) is 23.1 Å². The number of halogens is 1. The molecule has 1 aromatic carbocycles. The molecule has 32 heavy (non-hydrogen) atoms. The van der Waals surface area contributed by atoms with Gasteiger partial charge in [-0.1, -0.05) is 19.1 Å². The fourth-order valence-electron chi connectivity index (χ4n) is 3.46. The van der Waals surface area contributed by atoms with Gasteiger partial charge in [-0.25, -0.2) is 14.4 Å². The highest BCUT2D eigenvalue weighted by Crippen LogP contribution is 2.28. The third-order valence-corrected chi connectivity index (χ3v) is 5.26. The molecule has 3 heterocycles. The lowest BCUT2D eigenvalue weighted by Gasteiger charge is -2.17. The molecule has 0 unspecified atom stereocenters. The van der Waals surface area contributed by atoms with Crippen molar-refractivity contribution in [3.8, 4) is 23.0 Å². The first-order valence-corrected chi connectivity index (χ1v) is 10.4. The molecule has 3 aromatic heterocycles. The van der Waals surface area contributed by atoms with Gasteiger partial charge in [-0.15, -0.1) is 10.2 Å². The van der Waals surface area contributed by atoms with Gasteiger partial charge in [0.15, 0.2) is 5.82 Å². The fourth-order valence-corrected chi connectivity index (χ4v) is 3.46. The number of rotatable bonds is 7. The van der Waals surface area contributed by atoms with Crippen molar-refractivity contribution in [2.24, 2.45) is 0 Å². The van der Waals surface area contributed by atoms with Crippen molar-refractivity contribution in [1.29, 1.82) is 0 Å². The van der Waals surface area contributed by atoms with Crippen LogP contribution in [0.25, 0.3) is 17.1 Å². The first-order chi connectivity index (χ1) is 15.5. The zero-order valence-electron chi connectivity index (χ0n) is 18.5. The van der Waals surface area contributed by atoms with Crippen molar-refractivity contribution in [1.82, 2.24) is 24.7 Å². The van der Waals surface area contributed by atoms with E-state index in [-0.39, 0.29) is 11.9 Å². The van der Waals surface area contributed by atoms with Crippen LogP contribution in [0.4, 0.5) is 10.2 Å². The van der Waals surface area contributed by atoms with Crippen LogP contribution in [0.3, 0.4) is 0 Å². The molecule has 0 radical (unpaired) electrons. The Morgan fingerprint density at radius 3 is 2.53 bits per heavy atom. The normalized spacial score (nSPS) is 11.9. The molecule has 0 spiro atoms. The van der Waals surface area contributed by atoms with Crippen molar-refractivity contribution in [2.45, 2.75) is 33.2 Å². The largest absolute Gasteiger partial charge is 0.479 e. The van der Waals surface area contributed by atoms with Gasteiger partial charge in [0.1, 0.15) is 17.2 Å². The van der Waals surface area contributed by atoms with Gasteiger partial charge >= 0.3 is 0 Å². The van der Waals surface area contributed by atoms with E-state index >= 15 is 0 Å². The van der Waals surface area contributed by atoms with Crippen LogP contribution in [-0.4, -0.2) is 31.8 Å². The van der Waals surface area contributed by atoms with Crippen LogP contribution in [0.2, 0.25) is 0 Å². The quantitative estimate of drug-likeness (QED) is 0.447. The van der Waals surface area contributed by atoms with E-state index in [1.807, 2.05) is 42.8 Å². The summed E-state index contributed by atoms with van der Waals surface area (Å²) >= 11 is 0. The molecule has 1 N–H and O–H groups in total. The number of hydrogen-bond donors (Lipinski definition) is 1. The smallest absolute Gasteiger partial charge is 0.238 e. The summed E-state index contributed by atoms with van der Waals surface area (Å²) < 4.78 is 20.6. The highest BCUT2D eigenvalue weighted by atomic mass is 19.1. The van der Waals surface area contributed by atoms with Crippen molar-refractivity contribution in [2.75, 3.05) is 12.4 Å². The van der Waals surface area contributed by atoms with Gasteiger partial charge < -0.3 is 14.6 Å². The molecule has 0 aliphatic carbocycles. The standard InChI is InChI=1S/C24H25FN6O/c1-5-17-12-21(29-30-23(17)27-16(3)18-6-8-19(25)9-7-18)20-10-11-22(24(28-20)32-4)31-13-15(2)26-14-31/h6-14,16H,5H2,1-4H3,(H,27,30)/t16-/m1/s1. The van der Waals surface area contributed by atoms with Gasteiger partial charge in [0.2, 0.25) is 5.88 Å². The summed E-state index contributed by atoms with van der Waals surface area (Å²) in [6.45, 7) is 6.00. The maximum atomic E-state index is 13.2. The van der Waals surface area contributed by atoms with E-state index in [9.17, 15) is 4.39 Å². The molecule has 0 saturated carbocycles.